The molecule has 1 saturated heterocycles. The first kappa shape index (κ1) is 15.4. The van der Waals surface area contributed by atoms with Crippen molar-refractivity contribution in [1.82, 2.24) is 10.0 Å². The van der Waals surface area contributed by atoms with Crippen LogP contribution in [0.25, 0.3) is 0 Å². The van der Waals surface area contributed by atoms with Crippen LogP contribution in [0.1, 0.15) is 18.9 Å². The van der Waals surface area contributed by atoms with Crippen molar-refractivity contribution < 1.29 is 12.8 Å². The predicted molar refractivity (Wildman–Crippen MR) is 76.5 cm³/mol. The van der Waals surface area contributed by atoms with Crippen LogP contribution in [0.3, 0.4) is 0 Å². The van der Waals surface area contributed by atoms with Gasteiger partial charge in [0.15, 0.2) is 0 Å². The zero-order valence-corrected chi connectivity index (χ0v) is 12.6. The minimum atomic E-state index is -3.65. The van der Waals surface area contributed by atoms with Gasteiger partial charge in [0.1, 0.15) is 5.82 Å². The van der Waals surface area contributed by atoms with E-state index in [0.717, 1.165) is 25.6 Å². The van der Waals surface area contributed by atoms with Gasteiger partial charge < -0.3 is 5.32 Å². The van der Waals surface area contributed by atoms with E-state index in [1.54, 1.807) is 6.92 Å². The third-order valence-corrected chi connectivity index (χ3v) is 5.53. The Balaban J connectivity index is 2.09. The summed E-state index contributed by atoms with van der Waals surface area (Å²) in [4.78, 5) is 0.0221. The van der Waals surface area contributed by atoms with Gasteiger partial charge >= 0.3 is 0 Å². The Hall–Kier alpha value is -0.980. The van der Waals surface area contributed by atoms with Crippen molar-refractivity contribution in [2.24, 2.45) is 11.8 Å². The number of hydrogen-bond donors (Lipinski definition) is 2. The summed E-state index contributed by atoms with van der Waals surface area (Å²) in [5, 5.41) is 3.27. The summed E-state index contributed by atoms with van der Waals surface area (Å²) in [6, 6.07) is 3.82. The maximum Gasteiger partial charge on any atom is 0.240 e. The molecule has 2 rings (SSSR count). The zero-order chi connectivity index (χ0) is 14.8. The zero-order valence-electron chi connectivity index (χ0n) is 11.8. The smallest absolute Gasteiger partial charge is 0.240 e. The SMILES string of the molecule is Cc1ccc(F)cc1S(=O)(=O)NCC1CNCCC1C. The Morgan fingerprint density at radius 1 is 1.45 bits per heavy atom. The number of sulfonamides is 1. The summed E-state index contributed by atoms with van der Waals surface area (Å²) in [6.07, 6.45) is 1.05. The number of piperidine rings is 1. The molecule has 1 aromatic rings. The van der Waals surface area contributed by atoms with E-state index >= 15 is 0 Å². The molecule has 2 atom stereocenters. The average molecular weight is 300 g/mol. The first-order chi connectivity index (χ1) is 9.40. The molecule has 2 unspecified atom stereocenters. The van der Waals surface area contributed by atoms with E-state index < -0.39 is 15.8 Å². The van der Waals surface area contributed by atoms with Crippen LogP contribution in [0.2, 0.25) is 0 Å². The summed E-state index contributed by atoms with van der Waals surface area (Å²) in [6.45, 7) is 5.97. The lowest BCUT2D eigenvalue weighted by Crippen LogP contribution is -2.42. The van der Waals surface area contributed by atoms with Crippen LogP contribution in [0.4, 0.5) is 4.39 Å². The predicted octanol–water partition coefficient (Wildman–Crippen LogP) is 1.66. The molecule has 0 radical (unpaired) electrons. The molecular formula is C14H21FN2O2S. The Labute approximate surface area is 119 Å². The van der Waals surface area contributed by atoms with Crippen LogP contribution in [0, 0.1) is 24.6 Å². The molecule has 112 valence electrons. The standard InChI is InChI=1S/C14H21FN2O2S/c1-10-5-6-16-8-12(10)9-17-20(18,19)14-7-13(15)4-3-11(14)2/h3-4,7,10,12,16-17H,5-6,8-9H2,1-2H3. The van der Waals surface area contributed by atoms with E-state index in [1.165, 1.54) is 12.1 Å². The van der Waals surface area contributed by atoms with Gasteiger partial charge in [-0.3, -0.25) is 0 Å². The molecule has 0 saturated carbocycles. The van der Waals surface area contributed by atoms with Gasteiger partial charge in [-0.05, 0) is 56.0 Å². The van der Waals surface area contributed by atoms with Gasteiger partial charge in [0.05, 0.1) is 4.90 Å². The first-order valence-corrected chi connectivity index (χ1v) is 8.35. The molecule has 1 heterocycles. The Kier molecular flexibility index (Phi) is 4.78. The molecule has 0 amide bonds. The molecule has 0 spiro atoms. The van der Waals surface area contributed by atoms with Crippen LogP contribution in [0.15, 0.2) is 23.1 Å². The lowest BCUT2D eigenvalue weighted by molar-refractivity contribution is 0.275. The molecule has 20 heavy (non-hydrogen) atoms. The number of aryl methyl sites for hydroxylation is 1. The van der Waals surface area contributed by atoms with Crippen molar-refractivity contribution in [2.75, 3.05) is 19.6 Å². The molecule has 1 aromatic carbocycles. The molecule has 1 aliphatic heterocycles. The molecule has 0 bridgehead atoms. The van der Waals surface area contributed by atoms with Crippen LogP contribution in [-0.2, 0) is 10.0 Å². The fourth-order valence-corrected chi connectivity index (χ4v) is 3.83. The average Bonchev–Trinajstić information content (AvgIpc) is 2.40. The Morgan fingerprint density at radius 3 is 2.90 bits per heavy atom. The number of nitrogens with one attached hydrogen (secondary N) is 2. The van der Waals surface area contributed by atoms with E-state index in [2.05, 4.69) is 17.0 Å². The van der Waals surface area contributed by atoms with Crippen molar-refractivity contribution in [3.63, 3.8) is 0 Å². The molecule has 1 fully saturated rings. The topological polar surface area (TPSA) is 58.2 Å². The van der Waals surface area contributed by atoms with Gasteiger partial charge in [-0.25, -0.2) is 17.5 Å². The van der Waals surface area contributed by atoms with Crippen molar-refractivity contribution >= 4 is 10.0 Å². The van der Waals surface area contributed by atoms with E-state index in [4.69, 9.17) is 0 Å². The second-order valence-corrected chi connectivity index (χ2v) is 7.23. The molecule has 0 aromatic heterocycles. The highest BCUT2D eigenvalue weighted by atomic mass is 32.2. The number of rotatable bonds is 4. The summed E-state index contributed by atoms with van der Waals surface area (Å²) < 4.78 is 40.4. The van der Waals surface area contributed by atoms with Gasteiger partial charge in [0.2, 0.25) is 10.0 Å². The van der Waals surface area contributed by atoms with Crippen molar-refractivity contribution in [3.05, 3.63) is 29.6 Å². The second kappa shape index (κ2) is 6.20. The fourth-order valence-electron chi connectivity index (χ4n) is 2.49. The highest BCUT2D eigenvalue weighted by Gasteiger charge is 2.24. The van der Waals surface area contributed by atoms with Gasteiger partial charge in [-0.1, -0.05) is 13.0 Å². The molecular weight excluding hydrogens is 279 g/mol. The lowest BCUT2D eigenvalue weighted by atomic mass is 9.88. The highest BCUT2D eigenvalue weighted by Crippen LogP contribution is 2.20. The van der Waals surface area contributed by atoms with E-state index in [-0.39, 0.29) is 10.8 Å². The third kappa shape index (κ3) is 3.56. The summed E-state index contributed by atoms with van der Waals surface area (Å²) in [5.74, 6) is 0.212. The van der Waals surface area contributed by atoms with Crippen molar-refractivity contribution in [3.8, 4) is 0 Å². The Morgan fingerprint density at radius 2 is 2.20 bits per heavy atom. The Bertz CT molecular complexity index is 575. The van der Waals surface area contributed by atoms with Crippen LogP contribution < -0.4 is 10.0 Å². The maximum atomic E-state index is 13.2. The molecule has 1 aliphatic rings. The second-order valence-electron chi connectivity index (χ2n) is 5.49. The molecule has 6 heteroatoms. The summed E-state index contributed by atoms with van der Waals surface area (Å²) in [5.41, 5.74) is 0.550. The van der Waals surface area contributed by atoms with Crippen LogP contribution in [0.5, 0.6) is 0 Å². The third-order valence-electron chi connectivity index (χ3n) is 3.96. The molecule has 0 aliphatic carbocycles. The van der Waals surface area contributed by atoms with E-state index in [9.17, 15) is 12.8 Å². The van der Waals surface area contributed by atoms with E-state index in [1.807, 2.05) is 0 Å². The first-order valence-electron chi connectivity index (χ1n) is 6.86. The number of hydrogen-bond acceptors (Lipinski definition) is 3. The number of halogens is 1. The number of benzene rings is 1. The highest BCUT2D eigenvalue weighted by molar-refractivity contribution is 7.89. The largest absolute Gasteiger partial charge is 0.316 e. The van der Waals surface area contributed by atoms with Gasteiger partial charge in [-0.2, -0.15) is 0 Å². The van der Waals surface area contributed by atoms with Gasteiger partial charge in [0.25, 0.3) is 0 Å². The minimum Gasteiger partial charge on any atom is -0.316 e. The van der Waals surface area contributed by atoms with Crippen LogP contribution in [-0.4, -0.2) is 28.1 Å². The normalized spacial score (nSPS) is 23.8. The maximum absolute atomic E-state index is 13.2. The van der Waals surface area contributed by atoms with Crippen LogP contribution >= 0.6 is 0 Å². The summed E-state index contributed by atoms with van der Waals surface area (Å²) in [7, 11) is -3.65. The molecule has 2 N–H and O–H groups in total. The van der Waals surface area contributed by atoms with Gasteiger partial charge in [0, 0.05) is 6.54 Å². The quantitative estimate of drug-likeness (QED) is 0.889. The lowest BCUT2D eigenvalue weighted by Gasteiger charge is -2.29. The van der Waals surface area contributed by atoms with E-state index in [0.29, 0.717) is 18.0 Å². The summed E-state index contributed by atoms with van der Waals surface area (Å²) >= 11 is 0. The van der Waals surface area contributed by atoms with Crippen molar-refractivity contribution in [1.29, 1.82) is 0 Å². The molecule has 4 nitrogen and oxygen atoms in total. The van der Waals surface area contributed by atoms with Gasteiger partial charge in [-0.15, -0.1) is 0 Å². The van der Waals surface area contributed by atoms with Crippen molar-refractivity contribution in [2.45, 2.75) is 25.2 Å². The fraction of sp³-hybridized carbons (Fsp3) is 0.571. The monoisotopic (exact) mass is 300 g/mol. The minimum absolute atomic E-state index is 0.0221.